The molecule has 0 spiro atoms. The molecule has 0 bridgehead atoms. The smallest absolute Gasteiger partial charge is 0.234 e. The highest BCUT2D eigenvalue weighted by atomic mass is 16.2. The predicted octanol–water partition coefficient (Wildman–Crippen LogP) is 1.82. The van der Waals surface area contributed by atoms with Crippen molar-refractivity contribution in [1.82, 2.24) is 10.6 Å². The van der Waals surface area contributed by atoms with Gasteiger partial charge >= 0.3 is 0 Å². The molecular weight excluding hydrogens is 188 g/mol. The van der Waals surface area contributed by atoms with E-state index in [1.165, 1.54) is 19.3 Å². The summed E-state index contributed by atoms with van der Waals surface area (Å²) >= 11 is 0. The molecule has 1 aliphatic rings. The topological polar surface area (TPSA) is 41.1 Å². The lowest BCUT2D eigenvalue weighted by Crippen LogP contribution is -2.49. The normalized spacial score (nSPS) is 19.9. The van der Waals surface area contributed by atoms with Crippen molar-refractivity contribution in [3.63, 3.8) is 0 Å². The predicted molar refractivity (Wildman–Crippen MR) is 62.8 cm³/mol. The minimum absolute atomic E-state index is 0.0588. The van der Waals surface area contributed by atoms with Gasteiger partial charge in [0.2, 0.25) is 5.91 Å². The first-order valence-electron chi connectivity index (χ1n) is 6.18. The van der Waals surface area contributed by atoms with Crippen LogP contribution in [0.4, 0.5) is 0 Å². The quantitative estimate of drug-likeness (QED) is 0.683. The molecule has 0 radical (unpaired) electrons. The van der Waals surface area contributed by atoms with E-state index in [4.69, 9.17) is 0 Å². The summed E-state index contributed by atoms with van der Waals surface area (Å²) in [5, 5.41) is 6.28. The third-order valence-corrected chi connectivity index (χ3v) is 3.11. The summed E-state index contributed by atoms with van der Waals surface area (Å²) in [6.45, 7) is 5.66. The molecule has 0 heterocycles. The summed E-state index contributed by atoms with van der Waals surface area (Å²) in [5.74, 6) is 0.146. The molecule has 88 valence electrons. The zero-order chi connectivity index (χ0) is 11.1. The molecule has 0 saturated heterocycles. The second-order valence-corrected chi connectivity index (χ2v) is 4.85. The zero-order valence-electron chi connectivity index (χ0n) is 10.1. The molecule has 0 aromatic rings. The van der Waals surface area contributed by atoms with Crippen LogP contribution in [0.15, 0.2) is 0 Å². The van der Waals surface area contributed by atoms with Crippen molar-refractivity contribution in [2.45, 2.75) is 57.9 Å². The van der Waals surface area contributed by atoms with E-state index in [9.17, 15) is 4.79 Å². The Kier molecular flexibility index (Phi) is 5.09. The van der Waals surface area contributed by atoms with Crippen molar-refractivity contribution >= 4 is 5.91 Å². The summed E-state index contributed by atoms with van der Waals surface area (Å²) in [6, 6.07) is 0. The Balaban J connectivity index is 2.23. The molecule has 1 rings (SSSR count). The van der Waals surface area contributed by atoms with Crippen molar-refractivity contribution in [2.24, 2.45) is 0 Å². The molecule has 0 aliphatic heterocycles. The van der Waals surface area contributed by atoms with E-state index in [1.54, 1.807) is 0 Å². The monoisotopic (exact) mass is 212 g/mol. The van der Waals surface area contributed by atoms with Gasteiger partial charge < -0.3 is 10.6 Å². The van der Waals surface area contributed by atoms with Crippen LogP contribution < -0.4 is 10.6 Å². The molecule has 15 heavy (non-hydrogen) atoms. The van der Waals surface area contributed by atoms with Crippen LogP contribution >= 0.6 is 0 Å². The highest BCUT2D eigenvalue weighted by Crippen LogP contribution is 2.27. The van der Waals surface area contributed by atoms with E-state index < -0.39 is 0 Å². The second kappa shape index (κ2) is 6.11. The molecule has 0 aromatic carbocycles. The Labute approximate surface area is 93.0 Å². The second-order valence-electron chi connectivity index (χ2n) is 4.85. The molecular formula is C12H24N2O. The van der Waals surface area contributed by atoms with Crippen LogP contribution in [0.5, 0.6) is 0 Å². The summed E-state index contributed by atoms with van der Waals surface area (Å²) in [4.78, 5) is 11.6. The van der Waals surface area contributed by atoms with Gasteiger partial charge in [-0.05, 0) is 32.7 Å². The lowest BCUT2D eigenvalue weighted by Gasteiger charge is -2.34. The largest absolute Gasteiger partial charge is 0.350 e. The van der Waals surface area contributed by atoms with Gasteiger partial charge in [-0.25, -0.2) is 0 Å². The number of hydrogen-bond donors (Lipinski definition) is 2. The number of hydrogen-bond acceptors (Lipinski definition) is 2. The van der Waals surface area contributed by atoms with Crippen LogP contribution in [0.1, 0.15) is 52.4 Å². The van der Waals surface area contributed by atoms with Gasteiger partial charge in [0.15, 0.2) is 0 Å². The first-order valence-corrected chi connectivity index (χ1v) is 6.18. The number of carbonyl (C=O) groups excluding carboxylic acids is 1. The SMILES string of the molecule is CCCNCC(=O)NC1(C)CCCCC1. The van der Waals surface area contributed by atoms with E-state index >= 15 is 0 Å². The minimum atomic E-state index is 0.0588. The van der Waals surface area contributed by atoms with Crippen molar-refractivity contribution in [1.29, 1.82) is 0 Å². The lowest BCUT2D eigenvalue weighted by atomic mass is 9.83. The molecule has 3 nitrogen and oxygen atoms in total. The molecule has 0 unspecified atom stereocenters. The van der Waals surface area contributed by atoms with E-state index in [1.807, 2.05) is 0 Å². The van der Waals surface area contributed by atoms with Crippen LogP contribution in [0, 0.1) is 0 Å². The Morgan fingerprint density at radius 1 is 1.27 bits per heavy atom. The third kappa shape index (κ3) is 4.65. The van der Waals surface area contributed by atoms with Crippen LogP contribution in [0.25, 0.3) is 0 Å². The van der Waals surface area contributed by atoms with Crippen LogP contribution in [-0.2, 0) is 4.79 Å². The average molecular weight is 212 g/mol. The Hall–Kier alpha value is -0.570. The van der Waals surface area contributed by atoms with Crippen LogP contribution in [0.2, 0.25) is 0 Å². The van der Waals surface area contributed by atoms with Crippen molar-refractivity contribution in [2.75, 3.05) is 13.1 Å². The highest BCUT2D eigenvalue weighted by molar-refractivity contribution is 5.78. The fraction of sp³-hybridized carbons (Fsp3) is 0.917. The molecule has 1 fully saturated rings. The average Bonchev–Trinajstić information content (AvgIpc) is 2.18. The van der Waals surface area contributed by atoms with Gasteiger partial charge in [-0.3, -0.25) is 4.79 Å². The summed E-state index contributed by atoms with van der Waals surface area (Å²) in [5.41, 5.74) is 0.0588. The molecule has 1 saturated carbocycles. The molecule has 2 N–H and O–H groups in total. The number of nitrogens with one attached hydrogen (secondary N) is 2. The summed E-state index contributed by atoms with van der Waals surface area (Å²) in [7, 11) is 0. The van der Waals surface area contributed by atoms with Gasteiger partial charge in [0, 0.05) is 5.54 Å². The van der Waals surface area contributed by atoms with E-state index in [-0.39, 0.29) is 11.4 Å². The minimum Gasteiger partial charge on any atom is -0.350 e. The maximum atomic E-state index is 11.6. The standard InChI is InChI=1S/C12H24N2O/c1-3-9-13-10-11(15)14-12(2)7-5-4-6-8-12/h13H,3-10H2,1-2H3,(H,14,15). The van der Waals surface area contributed by atoms with Crippen molar-refractivity contribution in [3.05, 3.63) is 0 Å². The van der Waals surface area contributed by atoms with Gasteiger partial charge in [-0.1, -0.05) is 26.2 Å². The van der Waals surface area contributed by atoms with E-state index in [2.05, 4.69) is 24.5 Å². The number of carbonyl (C=O) groups is 1. The molecule has 1 aliphatic carbocycles. The molecule has 0 aromatic heterocycles. The Morgan fingerprint density at radius 3 is 2.53 bits per heavy atom. The fourth-order valence-corrected chi connectivity index (χ4v) is 2.22. The first-order chi connectivity index (χ1) is 7.16. The van der Waals surface area contributed by atoms with Gasteiger partial charge in [0.05, 0.1) is 6.54 Å². The molecule has 0 atom stereocenters. The number of rotatable bonds is 5. The zero-order valence-corrected chi connectivity index (χ0v) is 10.1. The fourth-order valence-electron chi connectivity index (χ4n) is 2.22. The summed E-state index contributed by atoms with van der Waals surface area (Å²) < 4.78 is 0. The maximum absolute atomic E-state index is 11.6. The Morgan fingerprint density at radius 2 is 1.93 bits per heavy atom. The van der Waals surface area contributed by atoms with Crippen molar-refractivity contribution < 1.29 is 4.79 Å². The third-order valence-electron chi connectivity index (χ3n) is 3.11. The highest BCUT2D eigenvalue weighted by Gasteiger charge is 2.27. The maximum Gasteiger partial charge on any atom is 0.234 e. The van der Waals surface area contributed by atoms with Gasteiger partial charge in [0.1, 0.15) is 0 Å². The van der Waals surface area contributed by atoms with Crippen LogP contribution in [0.3, 0.4) is 0 Å². The van der Waals surface area contributed by atoms with Crippen LogP contribution in [-0.4, -0.2) is 24.5 Å². The van der Waals surface area contributed by atoms with E-state index in [0.717, 1.165) is 25.8 Å². The summed E-state index contributed by atoms with van der Waals surface area (Å²) in [6.07, 6.45) is 7.15. The van der Waals surface area contributed by atoms with Crippen molar-refractivity contribution in [3.8, 4) is 0 Å². The molecule has 1 amide bonds. The lowest BCUT2D eigenvalue weighted by molar-refractivity contribution is -0.122. The Bertz CT molecular complexity index is 198. The van der Waals surface area contributed by atoms with Gasteiger partial charge in [0.25, 0.3) is 0 Å². The number of amides is 1. The van der Waals surface area contributed by atoms with Gasteiger partial charge in [-0.2, -0.15) is 0 Å². The van der Waals surface area contributed by atoms with E-state index in [0.29, 0.717) is 6.54 Å². The first kappa shape index (κ1) is 12.5. The van der Waals surface area contributed by atoms with Gasteiger partial charge in [-0.15, -0.1) is 0 Å². The molecule has 3 heteroatoms.